The number of alkyl halides is 3. The van der Waals surface area contributed by atoms with Gasteiger partial charge in [0.15, 0.2) is 0 Å². The summed E-state index contributed by atoms with van der Waals surface area (Å²) in [5.74, 6) is -1.33. The zero-order valence-corrected chi connectivity index (χ0v) is 20.2. The lowest BCUT2D eigenvalue weighted by Gasteiger charge is -2.40. The Morgan fingerprint density at radius 2 is 1.91 bits per heavy atom. The number of hydrogen-bond acceptors (Lipinski definition) is 4. The molecule has 0 radical (unpaired) electrons. The molecule has 5 nitrogen and oxygen atoms in total. The molecule has 0 aliphatic carbocycles. The number of piperidine rings is 2. The van der Waals surface area contributed by atoms with Gasteiger partial charge in [0.2, 0.25) is 5.91 Å². The summed E-state index contributed by atoms with van der Waals surface area (Å²) in [6.07, 6.45) is -0.408. The normalized spacial score (nSPS) is 23.0. The molecule has 2 saturated heterocycles. The van der Waals surface area contributed by atoms with Crippen molar-refractivity contribution >= 4 is 22.5 Å². The van der Waals surface area contributed by atoms with Gasteiger partial charge in [-0.2, -0.15) is 13.2 Å². The van der Waals surface area contributed by atoms with Crippen LogP contribution in [0.25, 0.3) is 10.9 Å². The molecule has 3 heterocycles. The van der Waals surface area contributed by atoms with Gasteiger partial charge in [0, 0.05) is 48.9 Å². The fourth-order valence-corrected chi connectivity index (χ4v) is 5.43. The quantitative estimate of drug-likeness (QED) is 0.665. The molecule has 1 amide bonds. The molecule has 0 saturated carbocycles. The summed E-state index contributed by atoms with van der Waals surface area (Å²) in [6, 6.07) is 7.43. The number of nitrogens with one attached hydrogen (secondary N) is 1. The van der Waals surface area contributed by atoms with Gasteiger partial charge >= 0.3 is 6.18 Å². The highest BCUT2D eigenvalue weighted by molar-refractivity contribution is 5.93. The van der Waals surface area contributed by atoms with E-state index in [1.54, 1.807) is 17.2 Å². The molecule has 2 aromatic rings. The van der Waals surface area contributed by atoms with Gasteiger partial charge in [-0.25, -0.2) is 0 Å². The third kappa shape index (κ3) is 5.65. The number of carbonyl (C=O) groups is 1. The summed E-state index contributed by atoms with van der Waals surface area (Å²) in [4.78, 5) is 21.4. The van der Waals surface area contributed by atoms with Gasteiger partial charge in [0.05, 0.1) is 11.4 Å². The Morgan fingerprint density at radius 3 is 2.59 bits per heavy atom. The molecule has 34 heavy (non-hydrogen) atoms. The van der Waals surface area contributed by atoms with E-state index < -0.39 is 18.1 Å². The summed E-state index contributed by atoms with van der Waals surface area (Å²) in [5, 5.41) is 3.79. The second kappa shape index (κ2) is 10.1. The van der Waals surface area contributed by atoms with Gasteiger partial charge in [0.1, 0.15) is 0 Å². The minimum absolute atomic E-state index is 0.0838. The molecular formula is C26H35F3N4O. The van der Waals surface area contributed by atoms with Crippen LogP contribution in [0.3, 0.4) is 0 Å². The van der Waals surface area contributed by atoms with Crippen molar-refractivity contribution < 1.29 is 18.0 Å². The van der Waals surface area contributed by atoms with E-state index in [1.807, 2.05) is 25.1 Å². The number of rotatable bonds is 5. The van der Waals surface area contributed by atoms with Gasteiger partial charge in [0.25, 0.3) is 0 Å². The standard InChI is InChI=1S/C26H35F3N4O/c1-17(2)32-11-8-19(9-12-32)13-24(34)31-21-14-20(26(27,28)29)15-33(16-21)23-7-6-18(3)25-22(23)5-4-10-30-25/h4-7,10,17,19-21H,8-9,11-16H2,1-3H3,(H,31,34)/t20?,21-/m1/s1. The Hall–Kier alpha value is -2.35. The maximum absolute atomic E-state index is 13.8. The van der Waals surface area contributed by atoms with Crippen molar-refractivity contribution in [3.63, 3.8) is 0 Å². The Balaban J connectivity index is 1.47. The van der Waals surface area contributed by atoms with Crippen LogP contribution < -0.4 is 10.2 Å². The Morgan fingerprint density at radius 1 is 1.18 bits per heavy atom. The number of benzene rings is 1. The Kier molecular flexibility index (Phi) is 7.36. The molecule has 0 bridgehead atoms. The fourth-order valence-electron chi connectivity index (χ4n) is 5.43. The highest BCUT2D eigenvalue weighted by Gasteiger charge is 2.45. The summed E-state index contributed by atoms with van der Waals surface area (Å²) in [7, 11) is 0. The van der Waals surface area contributed by atoms with Crippen LogP contribution >= 0.6 is 0 Å². The summed E-state index contributed by atoms with van der Waals surface area (Å²) in [6.45, 7) is 8.48. The highest BCUT2D eigenvalue weighted by atomic mass is 19.4. The second-order valence-electron chi connectivity index (χ2n) is 10.2. The number of anilines is 1. The van der Waals surface area contributed by atoms with Crippen LogP contribution in [0.15, 0.2) is 30.5 Å². The van der Waals surface area contributed by atoms with Crippen molar-refractivity contribution in [1.82, 2.24) is 15.2 Å². The number of halogens is 3. The van der Waals surface area contributed by atoms with Crippen molar-refractivity contribution in [3.05, 3.63) is 36.0 Å². The lowest BCUT2D eigenvalue weighted by atomic mass is 9.90. The summed E-state index contributed by atoms with van der Waals surface area (Å²) in [5.41, 5.74) is 2.52. The number of likely N-dealkylation sites (tertiary alicyclic amines) is 1. The maximum atomic E-state index is 13.8. The molecule has 4 rings (SSSR count). The van der Waals surface area contributed by atoms with E-state index >= 15 is 0 Å². The van der Waals surface area contributed by atoms with Gasteiger partial charge < -0.3 is 15.1 Å². The predicted octanol–water partition coefficient (Wildman–Crippen LogP) is 4.93. The average Bonchev–Trinajstić information content (AvgIpc) is 2.79. The van der Waals surface area contributed by atoms with Gasteiger partial charge in [-0.05, 0) is 82.8 Å². The Bertz CT molecular complexity index is 1000. The topological polar surface area (TPSA) is 48.5 Å². The number of nitrogens with zero attached hydrogens (tertiary/aromatic N) is 3. The third-order valence-electron chi connectivity index (χ3n) is 7.42. The lowest BCUT2D eigenvalue weighted by Crippen LogP contribution is -2.54. The number of fused-ring (bicyclic) bond motifs is 1. The largest absolute Gasteiger partial charge is 0.393 e. The molecule has 2 atom stereocenters. The van der Waals surface area contributed by atoms with Crippen molar-refractivity contribution in [2.24, 2.45) is 11.8 Å². The molecule has 2 fully saturated rings. The van der Waals surface area contributed by atoms with E-state index in [1.165, 1.54) is 0 Å². The number of amides is 1. The first-order valence-electron chi connectivity index (χ1n) is 12.3. The fraction of sp³-hybridized carbons (Fsp3) is 0.615. The van der Waals surface area contributed by atoms with Gasteiger partial charge in [-0.1, -0.05) is 6.07 Å². The van der Waals surface area contributed by atoms with Crippen LogP contribution in [0.2, 0.25) is 0 Å². The number of pyridine rings is 1. The minimum atomic E-state index is -4.32. The Labute approximate surface area is 199 Å². The monoisotopic (exact) mass is 476 g/mol. The van der Waals surface area contributed by atoms with Crippen molar-refractivity contribution in [2.45, 2.75) is 64.7 Å². The van der Waals surface area contributed by atoms with Crippen LogP contribution in [0.1, 0.15) is 45.1 Å². The van der Waals surface area contributed by atoms with Crippen LogP contribution in [0.5, 0.6) is 0 Å². The van der Waals surface area contributed by atoms with E-state index in [4.69, 9.17) is 0 Å². The molecular weight excluding hydrogens is 441 g/mol. The highest BCUT2D eigenvalue weighted by Crippen LogP contribution is 2.37. The first-order chi connectivity index (χ1) is 16.1. The number of carbonyl (C=O) groups excluding carboxylic acids is 1. The van der Waals surface area contributed by atoms with E-state index in [-0.39, 0.29) is 18.9 Å². The van der Waals surface area contributed by atoms with Gasteiger partial charge in [-0.3, -0.25) is 9.78 Å². The first kappa shape index (κ1) is 24.8. The second-order valence-corrected chi connectivity index (χ2v) is 10.2. The first-order valence-corrected chi connectivity index (χ1v) is 12.3. The van der Waals surface area contributed by atoms with Crippen molar-refractivity contribution in [3.8, 4) is 0 Å². The van der Waals surface area contributed by atoms with Crippen molar-refractivity contribution in [1.29, 1.82) is 0 Å². The molecule has 2 aliphatic heterocycles. The SMILES string of the molecule is Cc1ccc(N2CC(C(F)(F)F)C[C@@H](NC(=O)CC3CCN(C(C)C)CC3)C2)c2cccnc12. The van der Waals surface area contributed by atoms with Crippen LogP contribution in [-0.2, 0) is 4.79 Å². The molecule has 1 aromatic heterocycles. The van der Waals surface area contributed by atoms with E-state index in [9.17, 15) is 18.0 Å². The number of aryl methyl sites for hydroxylation is 1. The molecule has 1 aromatic carbocycles. The number of hydrogen-bond donors (Lipinski definition) is 1. The predicted molar refractivity (Wildman–Crippen MR) is 129 cm³/mol. The van der Waals surface area contributed by atoms with E-state index in [0.29, 0.717) is 24.9 Å². The van der Waals surface area contributed by atoms with Gasteiger partial charge in [-0.15, -0.1) is 0 Å². The molecule has 2 aliphatic rings. The lowest BCUT2D eigenvalue weighted by molar-refractivity contribution is -0.178. The average molecular weight is 477 g/mol. The molecule has 1 unspecified atom stereocenters. The zero-order chi connectivity index (χ0) is 24.5. The van der Waals surface area contributed by atoms with Crippen molar-refractivity contribution in [2.75, 3.05) is 31.1 Å². The van der Waals surface area contributed by atoms with E-state index in [2.05, 4.69) is 29.0 Å². The summed E-state index contributed by atoms with van der Waals surface area (Å²) < 4.78 is 41.5. The van der Waals surface area contributed by atoms with Crippen LogP contribution in [0.4, 0.5) is 18.9 Å². The third-order valence-corrected chi connectivity index (χ3v) is 7.42. The minimum Gasteiger partial charge on any atom is -0.368 e. The molecule has 8 heteroatoms. The van der Waals surface area contributed by atoms with Crippen LogP contribution in [-0.4, -0.2) is 60.2 Å². The summed E-state index contributed by atoms with van der Waals surface area (Å²) >= 11 is 0. The molecule has 186 valence electrons. The smallest absolute Gasteiger partial charge is 0.368 e. The molecule has 0 spiro atoms. The van der Waals surface area contributed by atoms with E-state index in [0.717, 1.165) is 48.1 Å². The molecule has 1 N–H and O–H groups in total. The maximum Gasteiger partial charge on any atom is 0.393 e. The number of aromatic nitrogens is 1. The zero-order valence-electron chi connectivity index (χ0n) is 20.2. The van der Waals surface area contributed by atoms with Crippen LogP contribution in [0, 0.1) is 18.8 Å².